The number of nitrogens with zero attached hydrogens (tertiary/aromatic N) is 2. The molecule has 8 nitrogen and oxygen atoms in total. The Balaban J connectivity index is 1.74. The molecule has 2 amide bonds. The molecule has 0 saturated heterocycles. The topological polar surface area (TPSA) is 96.0 Å². The van der Waals surface area contributed by atoms with Gasteiger partial charge in [-0.15, -0.1) is 0 Å². The summed E-state index contributed by atoms with van der Waals surface area (Å²) in [5, 5.41) is 3.82. The van der Waals surface area contributed by atoms with E-state index in [9.17, 15) is 18.0 Å². The van der Waals surface area contributed by atoms with Gasteiger partial charge in [-0.3, -0.25) is 13.9 Å². The molecule has 4 rings (SSSR count). The molecule has 0 aliphatic heterocycles. The molecule has 1 saturated carbocycles. The van der Waals surface area contributed by atoms with E-state index in [1.807, 2.05) is 6.92 Å². The second kappa shape index (κ2) is 14.9. The number of carbonyl (C=O) groups is 2. The smallest absolute Gasteiger partial charge is 0.264 e. The first-order valence-corrected chi connectivity index (χ1v) is 16.6. The number of nitrogens with one attached hydrogen (secondary N) is 1. The van der Waals surface area contributed by atoms with Gasteiger partial charge < -0.3 is 15.0 Å². The molecule has 0 spiro atoms. The van der Waals surface area contributed by atoms with Crippen LogP contribution in [0.25, 0.3) is 0 Å². The molecule has 1 N–H and O–H groups in total. The number of halogens is 2. The second-order valence-electron chi connectivity index (χ2n) is 10.5. The van der Waals surface area contributed by atoms with Crippen molar-refractivity contribution >= 4 is 50.7 Å². The molecule has 0 bridgehead atoms. The molecular weight excluding hydrogens is 609 g/mol. The quantitative estimate of drug-likeness (QED) is 0.244. The highest BCUT2D eigenvalue weighted by Crippen LogP contribution is 2.33. The summed E-state index contributed by atoms with van der Waals surface area (Å²) in [4.78, 5) is 29.4. The first-order chi connectivity index (χ1) is 20.6. The number of amides is 2. The number of carbonyl (C=O) groups excluding carboxylic acids is 2. The Morgan fingerprint density at radius 1 is 0.953 bits per heavy atom. The van der Waals surface area contributed by atoms with Crippen molar-refractivity contribution in [1.29, 1.82) is 0 Å². The van der Waals surface area contributed by atoms with Gasteiger partial charge in [-0.25, -0.2) is 8.42 Å². The number of rotatable bonds is 12. The highest BCUT2D eigenvalue weighted by Gasteiger charge is 2.35. The zero-order chi connectivity index (χ0) is 31.0. The third-order valence-electron chi connectivity index (χ3n) is 7.64. The first-order valence-electron chi connectivity index (χ1n) is 14.4. The van der Waals surface area contributed by atoms with Crippen molar-refractivity contribution in [1.82, 2.24) is 10.2 Å². The number of sulfonamides is 1. The van der Waals surface area contributed by atoms with E-state index in [-0.39, 0.29) is 34.8 Å². The summed E-state index contributed by atoms with van der Waals surface area (Å²) in [5.74, 6) is -0.535. The fourth-order valence-electron chi connectivity index (χ4n) is 5.37. The van der Waals surface area contributed by atoms with Crippen LogP contribution in [0.3, 0.4) is 0 Å². The second-order valence-corrected chi connectivity index (χ2v) is 13.2. The van der Waals surface area contributed by atoms with Gasteiger partial charge >= 0.3 is 0 Å². The third kappa shape index (κ3) is 8.02. The van der Waals surface area contributed by atoms with Crippen LogP contribution < -0.4 is 14.4 Å². The zero-order valence-corrected chi connectivity index (χ0v) is 26.7. The number of methoxy groups -OCH3 is 1. The normalized spacial score (nSPS) is 14.5. The monoisotopic (exact) mass is 645 g/mol. The number of ether oxygens (including phenoxy) is 1. The van der Waals surface area contributed by atoms with E-state index < -0.39 is 28.5 Å². The predicted molar refractivity (Wildman–Crippen MR) is 170 cm³/mol. The lowest BCUT2D eigenvalue weighted by molar-refractivity contribution is -0.140. The molecule has 0 unspecified atom stereocenters. The minimum absolute atomic E-state index is 0.0202. The number of hydrogen-bond donors (Lipinski definition) is 1. The van der Waals surface area contributed by atoms with Gasteiger partial charge in [-0.05, 0) is 61.2 Å². The van der Waals surface area contributed by atoms with E-state index in [2.05, 4.69) is 5.32 Å². The van der Waals surface area contributed by atoms with Gasteiger partial charge in [-0.1, -0.05) is 85.8 Å². The van der Waals surface area contributed by atoms with E-state index in [0.29, 0.717) is 22.0 Å². The maximum Gasteiger partial charge on any atom is 0.264 e. The summed E-state index contributed by atoms with van der Waals surface area (Å²) in [5.41, 5.74) is 0.859. The fraction of sp³-hybridized carbons (Fsp3) is 0.375. The predicted octanol–water partition coefficient (Wildman–Crippen LogP) is 6.45. The average molecular weight is 647 g/mol. The standard InChI is InChI=1S/C32H37Cl2N3O5S/c1-3-28(32(39)35-24-12-6-4-7-13-24)36(21-23-18-19-26(33)27(34)20-23)31(38)22-37(29-16-10-11-17-30(29)42-2)43(40,41)25-14-8-5-9-15-25/h5,8-11,14-20,24,28H,3-4,6-7,12-13,21-22H2,1-2H3,(H,35,39)/t28-/m1/s1. The van der Waals surface area contributed by atoms with Crippen LogP contribution >= 0.6 is 23.2 Å². The maximum absolute atomic E-state index is 14.3. The zero-order valence-electron chi connectivity index (χ0n) is 24.3. The SMILES string of the molecule is CC[C@H](C(=O)NC1CCCCC1)N(Cc1ccc(Cl)c(Cl)c1)C(=O)CN(c1ccccc1OC)S(=O)(=O)c1ccccc1. The van der Waals surface area contributed by atoms with Crippen molar-refractivity contribution in [3.05, 3.63) is 88.4 Å². The van der Waals surface area contributed by atoms with Crippen LogP contribution in [0.15, 0.2) is 77.7 Å². The van der Waals surface area contributed by atoms with E-state index >= 15 is 0 Å². The Hall–Kier alpha value is -3.27. The Bertz CT molecular complexity index is 1510. The summed E-state index contributed by atoms with van der Waals surface area (Å²) in [6.07, 6.45) is 5.32. The first kappa shape index (κ1) is 32.6. The Morgan fingerprint density at radius 3 is 2.28 bits per heavy atom. The van der Waals surface area contributed by atoms with Crippen molar-refractivity contribution in [2.45, 2.75) is 69.0 Å². The molecule has 3 aromatic rings. The minimum atomic E-state index is -4.21. The molecule has 0 radical (unpaired) electrons. The molecule has 43 heavy (non-hydrogen) atoms. The lowest BCUT2D eigenvalue weighted by Crippen LogP contribution is -2.54. The van der Waals surface area contributed by atoms with Gasteiger partial charge in [0.2, 0.25) is 11.8 Å². The van der Waals surface area contributed by atoms with E-state index in [4.69, 9.17) is 27.9 Å². The summed E-state index contributed by atoms with van der Waals surface area (Å²) in [7, 11) is -2.77. The molecule has 1 aliphatic carbocycles. The lowest BCUT2D eigenvalue weighted by atomic mass is 9.95. The molecule has 3 aromatic carbocycles. The van der Waals surface area contributed by atoms with Crippen LogP contribution in [-0.4, -0.2) is 50.9 Å². The third-order valence-corrected chi connectivity index (χ3v) is 10.2. The van der Waals surface area contributed by atoms with Crippen LogP contribution in [0.4, 0.5) is 5.69 Å². The van der Waals surface area contributed by atoms with Gasteiger partial charge in [0.1, 0.15) is 18.3 Å². The number of anilines is 1. The molecule has 230 valence electrons. The van der Waals surface area contributed by atoms with Gasteiger partial charge in [0.15, 0.2) is 0 Å². The largest absolute Gasteiger partial charge is 0.495 e. The Labute approximate surface area is 264 Å². The van der Waals surface area contributed by atoms with E-state index in [1.165, 1.54) is 24.1 Å². The van der Waals surface area contributed by atoms with Crippen molar-refractivity contribution in [3.8, 4) is 5.75 Å². The van der Waals surface area contributed by atoms with Gasteiger partial charge in [0.25, 0.3) is 10.0 Å². The molecule has 11 heteroatoms. The van der Waals surface area contributed by atoms with Crippen LogP contribution in [-0.2, 0) is 26.2 Å². The highest BCUT2D eigenvalue weighted by molar-refractivity contribution is 7.92. The molecule has 1 aliphatic rings. The van der Waals surface area contributed by atoms with Crippen molar-refractivity contribution in [2.24, 2.45) is 0 Å². The summed E-state index contributed by atoms with van der Waals surface area (Å²) < 4.78 is 34.6. The molecule has 1 fully saturated rings. The van der Waals surface area contributed by atoms with Gasteiger partial charge in [0.05, 0.1) is 27.7 Å². The van der Waals surface area contributed by atoms with Crippen molar-refractivity contribution in [2.75, 3.05) is 18.0 Å². The molecule has 1 atom stereocenters. The van der Waals surface area contributed by atoms with Crippen molar-refractivity contribution < 1.29 is 22.7 Å². The van der Waals surface area contributed by atoms with Crippen LogP contribution in [0.2, 0.25) is 10.0 Å². The van der Waals surface area contributed by atoms with E-state index in [1.54, 1.807) is 60.7 Å². The Morgan fingerprint density at radius 2 is 1.63 bits per heavy atom. The minimum Gasteiger partial charge on any atom is -0.495 e. The number of para-hydroxylation sites is 2. The van der Waals surface area contributed by atoms with Crippen LogP contribution in [0.1, 0.15) is 51.0 Å². The number of hydrogen-bond acceptors (Lipinski definition) is 5. The van der Waals surface area contributed by atoms with Crippen molar-refractivity contribution in [3.63, 3.8) is 0 Å². The van der Waals surface area contributed by atoms with Crippen LogP contribution in [0.5, 0.6) is 5.75 Å². The summed E-state index contributed by atoms with van der Waals surface area (Å²) in [6.45, 7) is 1.29. The lowest BCUT2D eigenvalue weighted by Gasteiger charge is -2.34. The maximum atomic E-state index is 14.3. The summed E-state index contributed by atoms with van der Waals surface area (Å²) in [6, 6.07) is 18.7. The Kier molecular flexibility index (Phi) is 11.3. The highest BCUT2D eigenvalue weighted by atomic mass is 35.5. The van der Waals surface area contributed by atoms with Gasteiger partial charge in [-0.2, -0.15) is 0 Å². The molecule has 0 heterocycles. The fourth-order valence-corrected chi connectivity index (χ4v) is 7.13. The van der Waals surface area contributed by atoms with E-state index in [0.717, 1.165) is 36.4 Å². The van der Waals surface area contributed by atoms with Gasteiger partial charge in [0, 0.05) is 12.6 Å². The molecular formula is C32H37Cl2N3O5S. The summed E-state index contributed by atoms with van der Waals surface area (Å²) >= 11 is 12.4. The number of benzene rings is 3. The van der Waals surface area contributed by atoms with Crippen LogP contribution in [0, 0.1) is 0 Å². The molecule has 0 aromatic heterocycles. The average Bonchev–Trinajstić information content (AvgIpc) is 3.02.